The number of amides is 1. The van der Waals surface area contributed by atoms with E-state index in [1.54, 1.807) is 44.3 Å². The van der Waals surface area contributed by atoms with E-state index in [1.807, 2.05) is 6.92 Å². The number of nitrogens with one attached hydrogen (secondary N) is 2. The van der Waals surface area contributed by atoms with Gasteiger partial charge in [-0.15, -0.1) is 0 Å². The van der Waals surface area contributed by atoms with Crippen LogP contribution in [0.4, 0.5) is 5.82 Å². The number of hydrogen-bond acceptors (Lipinski definition) is 7. The molecular formula is C20H21N7O4. The molecule has 0 unspecified atom stereocenters. The van der Waals surface area contributed by atoms with Crippen molar-refractivity contribution in [2.24, 2.45) is 7.05 Å². The fraction of sp³-hybridized carbons (Fsp3) is 0.250. The van der Waals surface area contributed by atoms with Gasteiger partial charge in [0, 0.05) is 13.1 Å². The number of aromatic amines is 1. The number of carbonyl (C=O) groups is 1. The first-order valence-electron chi connectivity index (χ1n) is 9.59. The third kappa shape index (κ3) is 4.25. The molecule has 0 saturated carbocycles. The number of H-pyrrole nitrogens is 1. The molecular weight excluding hydrogens is 402 g/mol. The number of rotatable bonds is 7. The van der Waals surface area contributed by atoms with Crippen molar-refractivity contribution in [3.05, 3.63) is 52.6 Å². The van der Waals surface area contributed by atoms with Crippen molar-refractivity contribution in [1.82, 2.24) is 29.5 Å². The molecule has 0 bridgehead atoms. The number of ether oxygens (including phenoxy) is 2. The Balaban J connectivity index is 1.50. The first kappa shape index (κ1) is 20.1. The first-order chi connectivity index (χ1) is 14.9. The molecule has 1 amide bonds. The summed E-state index contributed by atoms with van der Waals surface area (Å²) in [6.45, 7) is 4.04. The molecule has 3 heterocycles. The van der Waals surface area contributed by atoms with Gasteiger partial charge in [-0.3, -0.25) is 19.3 Å². The number of aryl methyl sites for hydroxylation is 2. The van der Waals surface area contributed by atoms with Gasteiger partial charge in [0.1, 0.15) is 22.7 Å². The predicted molar refractivity (Wildman–Crippen MR) is 113 cm³/mol. The molecule has 2 N–H and O–H groups in total. The normalized spacial score (nSPS) is 10.9. The standard InChI is InChI=1S/C20H21N7O4/c1-4-30-13-5-7-14(8-6-13)31-11-17(28)22-16-9-12(2)25-27(16)20-23-18-15(19(29)24-20)10-21-26(18)3/h5-10H,4,11H2,1-3H3,(H,22,28)(H,23,24,29). The van der Waals surface area contributed by atoms with E-state index in [2.05, 4.69) is 25.5 Å². The second-order valence-corrected chi connectivity index (χ2v) is 6.72. The van der Waals surface area contributed by atoms with Crippen molar-refractivity contribution in [3.63, 3.8) is 0 Å². The Bertz CT molecular complexity index is 1290. The van der Waals surface area contributed by atoms with Crippen molar-refractivity contribution >= 4 is 22.8 Å². The summed E-state index contributed by atoms with van der Waals surface area (Å²) < 4.78 is 13.8. The van der Waals surface area contributed by atoms with Gasteiger partial charge in [-0.05, 0) is 38.1 Å². The van der Waals surface area contributed by atoms with Crippen LogP contribution in [0.15, 0.2) is 41.3 Å². The molecule has 0 aliphatic heterocycles. The fourth-order valence-electron chi connectivity index (χ4n) is 3.00. The van der Waals surface area contributed by atoms with Crippen LogP contribution in [-0.2, 0) is 11.8 Å². The average molecular weight is 423 g/mol. The summed E-state index contributed by atoms with van der Waals surface area (Å²) in [7, 11) is 1.69. The SMILES string of the molecule is CCOc1ccc(OCC(=O)Nc2cc(C)nn2-c2nc3c(cnn3C)c(=O)[nH]2)cc1. The van der Waals surface area contributed by atoms with Crippen LogP contribution in [0.5, 0.6) is 11.5 Å². The lowest BCUT2D eigenvalue weighted by Crippen LogP contribution is -2.23. The van der Waals surface area contributed by atoms with Gasteiger partial charge >= 0.3 is 0 Å². The highest BCUT2D eigenvalue weighted by molar-refractivity contribution is 5.91. The summed E-state index contributed by atoms with van der Waals surface area (Å²) in [5.41, 5.74) is 0.691. The summed E-state index contributed by atoms with van der Waals surface area (Å²) in [5.74, 6) is 1.39. The third-order valence-corrected chi connectivity index (χ3v) is 4.39. The fourth-order valence-corrected chi connectivity index (χ4v) is 3.00. The van der Waals surface area contributed by atoms with Crippen LogP contribution >= 0.6 is 0 Å². The van der Waals surface area contributed by atoms with E-state index >= 15 is 0 Å². The molecule has 0 spiro atoms. The molecule has 0 atom stereocenters. The van der Waals surface area contributed by atoms with Crippen LogP contribution < -0.4 is 20.3 Å². The topological polar surface area (TPSA) is 129 Å². The minimum Gasteiger partial charge on any atom is -0.494 e. The monoisotopic (exact) mass is 423 g/mol. The Labute approximate surface area is 176 Å². The zero-order valence-electron chi connectivity index (χ0n) is 17.2. The maximum atomic E-state index is 12.4. The molecule has 0 radical (unpaired) electrons. The number of aromatic nitrogens is 6. The molecule has 3 aromatic heterocycles. The first-order valence-corrected chi connectivity index (χ1v) is 9.59. The van der Waals surface area contributed by atoms with E-state index in [-0.39, 0.29) is 24.0 Å². The Morgan fingerprint density at radius 2 is 1.90 bits per heavy atom. The molecule has 1 aromatic carbocycles. The quantitative estimate of drug-likeness (QED) is 0.461. The summed E-state index contributed by atoms with van der Waals surface area (Å²) in [6.07, 6.45) is 1.44. The Hall–Kier alpha value is -4.15. The second kappa shape index (κ2) is 8.30. The van der Waals surface area contributed by atoms with Gasteiger partial charge < -0.3 is 14.8 Å². The van der Waals surface area contributed by atoms with Crippen molar-refractivity contribution in [3.8, 4) is 17.4 Å². The summed E-state index contributed by atoms with van der Waals surface area (Å²) in [6, 6.07) is 8.66. The molecule has 0 aliphatic rings. The molecule has 0 saturated heterocycles. The largest absolute Gasteiger partial charge is 0.494 e. The molecule has 160 valence electrons. The minimum atomic E-state index is -0.390. The maximum absolute atomic E-state index is 12.4. The number of nitrogens with zero attached hydrogens (tertiary/aromatic N) is 5. The van der Waals surface area contributed by atoms with E-state index in [9.17, 15) is 9.59 Å². The summed E-state index contributed by atoms with van der Waals surface area (Å²) >= 11 is 0. The predicted octanol–water partition coefficient (Wildman–Crippen LogP) is 1.57. The molecule has 11 nitrogen and oxygen atoms in total. The molecule has 11 heteroatoms. The van der Waals surface area contributed by atoms with E-state index in [0.717, 1.165) is 5.75 Å². The van der Waals surface area contributed by atoms with E-state index in [1.165, 1.54) is 15.6 Å². The lowest BCUT2D eigenvalue weighted by Gasteiger charge is -2.10. The third-order valence-electron chi connectivity index (χ3n) is 4.39. The van der Waals surface area contributed by atoms with Crippen molar-refractivity contribution in [2.75, 3.05) is 18.5 Å². The van der Waals surface area contributed by atoms with Gasteiger partial charge in [-0.1, -0.05) is 0 Å². The Morgan fingerprint density at radius 1 is 1.19 bits per heavy atom. The highest BCUT2D eigenvalue weighted by atomic mass is 16.5. The number of anilines is 1. The molecule has 4 rings (SSSR count). The summed E-state index contributed by atoms with van der Waals surface area (Å²) in [4.78, 5) is 31.9. The van der Waals surface area contributed by atoms with Crippen LogP contribution in [-0.4, -0.2) is 48.6 Å². The summed E-state index contributed by atoms with van der Waals surface area (Å²) in [5, 5.41) is 11.5. The van der Waals surface area contributed by atoms with Crippen molar-refractivity contribution in [2.45, 2.75) is 13.8 Å². The highest BCUT2D eigenvalue weighted by Crippen LogP contribution is 2.18. The lowest BCUT2D eigenvalue weighted by molar-refractivity contribution is -0.118. The molecule has 0 fully saturated rings. The second-order valence-electron chi connectivity index (χ2n) is 6.72. The Kier molecular flexibility index (Phi) is 5.39. The van der Waals surface area contributed by atoms with Gasteiger partial charge in [0.15, 0.2) is 12.3 Å². The van der Waals surface area contributed by atoms with Gasteiger partial charge in [0.05, 0.1) is 18.5 Å². The van der Waals surface area contributed by atoms with Crippen LogP contribution in [0.2, 0.25) is 0 Å². The van der Waals surface area contributed by atoms with Crippen molar-refractivity contribution in [1.29, 1.82) is 0 Å². The number of carbonyl (C=O) groups excluding carboxylic acids is 1. The van der Waals surface area contributed by atoms with Crippen LogP contribution in [0.25, 0.3) is 17.0 Å². The minimum absolute atomic E-state index is 0.164. The molecule has 0 aliphatic carbocycles. The zero-order chi connectivity index (χ0) is 22.0. The maximum Gasteiger partial charge on any atom is 0.263 e. The number of fused-ring (bicyclic) bond motifs is 1. The smallest absolute Gasteiger partial charge is 0.263 e. The number of hydrogen-bond donors (Lipinski definition) is 2. The van der Waals surface area contributed by atoms with Crippen LogP contribution in [0.3, 0.4) is 0 Å². The van der Waals surface area contributed by atoms with Gasteiger partial charge in [-0.2, -0.15) is 19.9 Å². The lowest BCUT2D eigenvalue weighted by atomic mass is 10.3. The number of benzene rings is 1. The molecule has 31 heavy (non-hydrogen) atoms. The van der Waals surface area contributed by atoms with Crippen molar-refractivity contribution < 1.29 is 14.3 Å². The van der Waals surface area contributed by atoms with Crippen LogP contribution in [0.1, 0.15) is 12.6 Å². The van der Waals surface area contributed by atoms with Gasteiger partial charge in [-0.25, -0.2) is 0 Å². The van der Waals surface area contributed by atoms with E-state index in [0.29, 0.717) is 34.9 Å². The Morgan fingerprint density at radius 3 is 2.61 bits per heavy atom. The zero-order valence-corrected chi connectivity index (χ0v) is 17.2. The molecule has 4 aromatic rings. The van der Waals surface area contributed by atoms with Gasteiger partial charge in [0.2, 0.25) is 5.95 Å². The van der Waals surface area contributed by atoms with E-state index in [4.69, 9.17) is 9.47 Å². The highest BCUT2D eigenvalue weighted by Gasteiger charge is 2.16. The van der Waals surface area contributed by atoms with E-state index < -0.39 is 0 Å². The average Bonchev–Trinajstić information content (AvgIpc) is 3.30. The van der Waals surface area contributed by atoms with Gasteiger partial charge in [0.25, 0.3) is 11.5 Å². The van der Waals surface area contributed by atoms with Crippen LogP contribution in [0, 0.1) is 6.92 Å².